The Bertz CT molecular complexity index is 874. The van der Waals surface area contributed by atoms with E-state index in [2.05, 4.69) is 10.2 Å². The van der Waals surface area contributed by atoms with Gasteiger partial charge in [-0.3, -0.25) is 19.7 Å². The largest absolute Gasteiger partial charge is 0.322 e. The predicted octanol–water partition coefficient (Wildman–Crippen LogP) is 2.32. The zero-order valence-corrected chi connectivity index (χ0v) is 16.5. The topological polar surface area (TPSA) is 69.7 Å². The van der Waals surface area contributed by atoms with E-state index in [0.717, 1.165) is 32.0 Å². The zero-order valence-electron chi connectivity index (χ0n) is 16.5. The summed E-state index contributed by atoms with van der Waals surface area (Å²) in [5.74, 6) is -1.22. The molecule has 29 heavy (non-hydrogen) atoms. The molecule has 2 saturated heterocycles. The molecule has 0 bridgehead atoms. The molecule has 3 aliphatic heterocycles. The Kier molecular flexibility index (Phi) is 4.65. The summed E-state index contributed by atoms with van der Waals surface area (Å²) in [6.45, 7) is 2.11. The summed E-state index contributed by atoms with van der Waals surface area (Å²) in [6, 6.07) is 3.51. The summed E-state index contributed by atoms with van der Waals surface area (Å²) in [5, 5.41) is 2.28. The van der Waals surface area contributed by atoms with Crippen LogP contribution in [0, 0.1) is 5.82 Å². The number of hydrogen-bond acceptors (Lipinski definition) is 4. The minimum Gasteiger partial charge on any atom is -0.322 e. The van der Waals surface area contributed by atoms with Gasteiger partial charge < -0.3 is 9.80 Å². The lowest BCUT2D eigenvalue weighted by Crippen LogP contribution is -2.52. The van der Waals surface area contributed by atoms with Crippen LogP contribution in [0.2, 0.25) is 0 Å². The molecule has 1 aromatic carbocycles. The van der Waals surface area contributed by atoms with Gasteiger partial charge in [0.2, 0.25) is 11.8 Å². The average Bonchev–Trinajstić information content (AvgIpc) is 2.99. The fourth-order valence-electron chi connectivity index (χ4n) is 5.27. The molecule has 3 heterocycles. The summed E-state index contributed by atoms with van der Waals surface area (Å²) >= 11 is 0. The van der Waals surface area contributed by atoms with Gasteiger partial charge in [-0.2, -0.15) is 0 Å². The number of nitrogens with one attached hydrogen (secondary N) is 1. The highest BCUT2D eigenvalue weighted by molar-refractivity contribution is 6.05. The second-order valence-corrected chi connectivity index (χ2v) is 8.79. The van der Waals surface area contributed by atoms with Crippen molar-refractivity contribution in [3.8, 4) is 0 Å². The SMILES string of the molecule is O=C1CCC(N2Cc3c(ccc(C4CCN(C5CCC5)CC4)c3F)C2=O)C(=O)N1. The third kappa shape index (κ3) is 3.16. The Labute approximate surface area is 169 Å². The summed E-state index contributed by atoms with van der Waals surface area (Å²) < 4.78 is 15.4. The minimum absolute atomic E-state index is 0.0983. The van der Waals surface area contributed by atoms with Crippen molar-refractivity contribution in [2.24, 2.45) is 0 Å². The van der Waals surface area contributed by atoms with Crippen molar-refractivity contribution in [3.63, 3.8) is 0 Å². The fourth-order valence-corrected chi connectivity index (χ4v) is 5.27. The van der Waals surface area contributed by atoms with Crippen LogP contribution in [0.15, 0.2) is 12.1 Å². The number of nitrogens with zero attached hydrogens (tertiary/aromatic N) is 2. The molecule has 1 aliphatic carbocycles. The van der Waals surface area contributed by atoms with Gasteiger partial charge >= 0.3 is 0 Å². The predicted molar refractivity (Wildman–Crippen MR) is 104 cm³/mol. The smallest absolute Gasteiger partial charge is 0.255 e. The molecule has 0 radical (unpaired) electrons. The van der Waals surface area contributed by atoms with Crippen LogP contribution in [0.3, 0.4) is 0 Å². The zero-order chi connectivity index (χ0) is 20.1. The number of hydrogen-bond donors (Lipinski definition) is 1. The molecule has 3 amide bonds. The van der Waals surface area contributed by atoms with Crippen molar-refractivity contribution in [1.29, 1.82) is 0 Å². The van der Waals surface area contributed by atoms with Crippen LogP contribution in [-0.2, 0) is 16.1 Å². The van der Waals surface area contributed by atoms with Crippen molar-refractivity contribution in [3.05, 3.63) is 34.6 Å². The molecule has 5 rings (SSSR count). The van der Waals surface area contributed by atoms with Gasteiger partial charge in [0.1, 0.15) is 11.9 Å². The van der Waals surface area contributed by atoms with E-state index in [-0.39, 0.29) is 36.5 Å². The average molecular weight is 399 g/mol. The van der Waals surface area contributed by atoms with E-state index in [1.54, 1.807) is 12.1 Å². The fraction of sp³-hybridized carbons (Fsp3) is 0.591. The van der Waals surface area contributed by atoms with Gasteiger partial charge in [0.25, 0.3) is 5.91 Å². The normalized spacial score (nSPS) is 26.4. The van der Waals surface area contributed by atoms with E-state index in [4.69, 9.17) is 0 Å². The number of carbonyl (C=O) groups excluding carboxylic acids is 3. The maximum Gasteiger partial charge on any atom is 0.255 e. The quantitative estimate of drug-likeness (QED) is 0.792. The number of fused-ring (bicyclic) bond motifs is 1. The highest BCUT2D eigenvalue weighted by atomic mass is 19.1. The van der Waals surface area contributed by atoms with Crippen molar-refractivity contribution in [1.82, 2.24) is 15.1 Å². The molecule has 0 aromatic heterocycles. The molecule has 1 unspecified atom stereocenters. The summed E-state index contributed by atoms with van der Waals surface area (Å²) in [4.78, 5) is 40.3. The second-order valence-electron chi connectivity index (χ2n) is 8.79. The van der Waals surface area contributed by atoms with Crippen molar-refractivity contribution in [2.45, 2.75) is 69.5 Å². The maximum atomic E-state index is 15.4. The third-order valence-corrected chi connectivity index (χ3v) is 7.24. The number of carbonyl (C=O) groups is 3. The monoisotopic (exact) mass is 399 g/mol. The van der Waals surface area contributed by atoms with E-state index in [0.29, 0.717) is 23.1 Å². The summed E-state index contributed by atoms with van der Waals surface area (Å²) in [5.41, 5.74) is 1.46. The van der Waals surface area contributed by atoms with Crippen LogP contribution < -0.4 is 5.32 Å². The van der Waals surface area contributed by atoms with Crippen molar-refractivity contribution >= 4 is 17.7 Å². The molecule has 0 spiro atoms. The van der Waals surface area contributed by atoms with Crippen molar-refractivity contribution < 1.29 is 18.8 Å². The molecular weight excluding hydrogens is 373 g/mol. The van der Waals surface area contributed by atoms with Crippen LogP contribution in [0.25, 0.3) is 0 Å². The highest BCUT2D eigenvalue weighted by Gasteiger charge is 2.41. The van der Waals surface area contributed by atoms with Crippen molar-refractivity contribution in [2.75, 3.05) is 13.1 Å². The molecule has 1 atom stereocenters. The molecule has 154 valence electrons. The first-order valence-electron chi connectivity index (χ1n) is 10.7. The van der Waals surface area contributed by atoms with Gasteiger partial charge in [0.15, 0.2) is 0 Å². The highest BCUT2D eigenvalue weighted by Crippen LogP contribution is 2.37. The molecule has 1 saturated carbocycles. The molecule has 4 aliphatic rings. The maximum absolute atomic E-state index is 15.4. The number of likely N-dealkylation sites (tertiary alicyclic amines) is 1. The van der Waals surface area contributed by atoms with Gasteiger partial charge in [-0.05, 0) is 62.7 Å². The number of piperidine rings is 2. The molecule has 1 N–H and O–H groups in total. The minimum atomic E-state index is -0.707. The number of imide groups is 1. The van der Waals surface area contributed by atoms with Gasteiger partial charge in [0, 0.05) is 23.6 Å². The van der Waals surface area contributed by atoms with Crippen LogP contribution >= 0.6 is 0 Å². The molecule has 6 nitrogen and oxygen atoms in total. The second kappa shape index (κ2) is 7.20. The van der Waals surface area contributed by atoms with Crippen LogP contribution in [0.5, 0.6) is 0 Å². The van der Waals surface area contributed by atoms with E-state index in [1.807, 2.05) is 0 Å². The van der Waals surface area contributed by atoms with Crippen LogP contribution in [0.1, 0.15) is 72.3 Å². The van der Waals surface area contributed by atoms with E-state index < -0.39 is 11.9 Å². The number of halogens is 1. The lowest BCUT2D eigenvalue weighted by molar-refractivity contribution is -0.136. The lowest BCUT2D eigenvalue weighted by Gasteiger charge is -2.42. The molecular formula is C22H26FN3O3. The van der Waals surface area contributed by atoms with E-state index in [9.17, 15) is 14.4 Å². The van der Waals surface area contributed by atoms with Gasteiger partial charge in [-0.15, -0.1) is 0 Å². The molecule has 7 heteroatoms. The third-order valence-electron chi connectivity index (χ3n) is 7.24. The number of benzene rings is 1. The van der Waals surface area contributed by atoms with Crippen LogP contribution in [0.4, 0.5) is 4.39 Å². The molecule has 1 aromatic rings. The number of amides is 3. The first kappa shape index (κ1) is 18.7. The van der Waals surface area contributed by atoms with E-state index >= 15 is 4.39 Å². The summed E-state index contributed by atoms with van der Waals surface area (Å²) in [7, 11) is 0. The Morgan fingerprint density at radius 3 is 2.41 bits per heavy atom. The van der Waals surface area contributed by atoms with Gasteiger partial charge in [0.05, 0.1) is 6.54 Å². The number of rotatable bonds is 3. The first-order valence-corrected chi connectivity index (χ1v) is 10.7. The van der Waals surface area contributed by atoms with Crippen LogP contribution in [-0.4, -0.2) is 52.7 Å². The van der Waals surface area contributed by atoms with E-state index in [1.165, 1.54) is 24.2 Å². The van der Waals surface area contributed by atoms with Gasteiger partial charge in [-0.1, -0.05) is 12.5 Å². The first-order chi connectivity index (χ1) is 14.0. The Balaban J connectivity index is 1.33. The standard InChI is InChI=1S/C22H26FN3O3/c23-20-15(13-8-10-25(11-9-13)14-2-1-3-14)4-5-16-17(20)12-26(22(16)29)18-6-7-19(27)24-21(18)28/h4-5,13-14,18H,1-3,6-12H2,(H,24,27,28). The molecule has 3 fully saturated rings. The lowest BCUT2D eigenvalue weighted by atomic mass is 9.84. The van der Waals surface area contributed by atoms with Gasteiger partial charge in [-0.25, -0.2) is 4.39 Å². The Morgan fingerprint density at radius 1 is 1.00 bits per heavy atom. The summed E-state index contributed by atoms with van der Waals surface area (Å²) in [6.07, 6.45) is 6.27. The Hall–Kier alpha value is -2.28. The Morgan fingerprint density at radius 2 is 1.76 bits per heavy atom.